The Morgan fingerprint density at radius 2 is 1.93 bits per heavy atom. The summed E-state index contributed by atoms with van der Waals surface area (Å²) in [4.78, 5) is 14.1. The lowest BCUT2D eigenvalue weighted by molar-refractivity contribution is 0.0991. The summed E-state index contributed by atoms with van der Waals surface area (Å²) in [6.45, 7) is 3.70. The summed E-state index contributed by atoms with van der Waals surface area (Å²) in [5, 5.41) is 13.3. The van der Waals surface area contributed by atoms with Crippen LogP contribution in [0.1, 0.15) is 18.1 Å². The Hall–Kier alpha value is -2.48. The van der Waals surface area contributed by atoms with Crippen molar-refractivity contribution in [1.82, 2.24) is 15.0 Å². The molecular formula is C22H24N4O2S. The molecule has 0 saturated carbocycles. The van der Waals surface area contributed by atoms with Gasteiger partial charge in [0, 0.05) is 29.5 Å². The smallest absolute Gasteiger partial charge is 0.181 e. The monoisotopic (exact) mass is 408 g/mol. The van der Waals surface area contributed by atoms with Crippen LogP contribution in [0.3, 0.4) is 0 Å². The van der Waals surface area contributed by atoms with Gasteiger partial charge in [0.1, 0.15) is 16.5 Å². The van der Waals surface area contributed by atoms with E-state index in [4.69, 9.17) is 19.8 Å². The van der Waals surface area contributed by atoms with Crippen molar-refractivity contribution in [2.45, 2.75) is 17.4 Å². The van der Waals surface area contributed by atoms with E-state index in [0.29, 0.717) is 25.6 Å². The Morgan fingerprint density at radius 3 is 2.69 bits per heavy atom. The molecule has 1 aliphatic heterocycles. The third kappa shape index (κ3) is 4.12. The molecule has 0 amide bonds. The fourth-order valence-electron chi connectivity index (χ4n) is 3.51. The van der Waals surface area contributed by atoms with E-state index in [1.165, 1.54) is 5.56 Å². The molecule has 150 valence electrons. The van der Waals surface area contributed by atoms with E-state index in [2.05, 4.69) is 41.5 Å². The van der Waals surface area contributed by atoms with Gasteiger partial charge >= 0.3 is 0 Å². The van der Waals surface area contributed by atoms with Gasteiger partial charge in [0.15, 0.2) is 5.82 Å². The van der Waals surface area contributed by atoms with E-state index in [1.54, 1.807) is 18.0 Å². The lowest BCUT2D eigenvalue weighted by atomic mass is 9.79. The van der Waals surface area contributed by atoms with E-state index in [1.807, 2.05) is 24.3 Å². The van der Waals surface area contributed by atoms with Crippen LogP contribution in [0.4, 0.5) is 5.82 Å². The maximum atomic E-state index is 8.89. The maximum absolute atomic E-state index is 8.89. The number of fused-ring (bicyclic) bond motifs is 1. The van der Waals surface area contributed by atoms with Crippen molar-refractivity contribution in [3.8, 4) is 11.5 Å². The number of rotatable bonds is 8. The number of benzene rings is 1. The zero-order chi connectivity index (χ0) is 20.1. The van der Waals surface area contributed by atoms with Crippen molar-refractivity contribution < 1.29 is 9.84 Å². The van der Waals surface area contributed by atoms with Crippen LogP contribution in [0.5, 0.6) is 0 Å². The number of aliphatic hydroxyl groups is 1. The van der Waals surface area contributed by atoms with Gasteiger partial charge in [-0.2, -0.15) is 0 Å². The summed E-state index contributed by atoms with van der Waals surface area (Å²) in [7, 11) is 0. The summed E-state index contributed by atoms with van der Waals surface area (Å²) in [5.41, 5.74) is 2.94. The van der Waals surface area contributed by atoms with Crippen molar-refractivity contribution in [3.63, 3.8) is 0 Å². The second-order valence-corrected chi connectivity index (χ2v) is 8.00. The number of aliphatic hydroxyl groups excluding tert-OH is 1. The van der Waals surface area contributed by atoms with Crippen molar-refractivity contribution in [1.29, 1.82) is 0 Å². The molecule has 2 aromatic heterocycles. The van der Waals surface area contributed by atoms with E-state index in [9.17, 15) is 0 Å². The number of anilines is 1. The number of nitrogens with zero attached hydrogens (tertiary/aromatic N) is 3. The molecule has 1 unspecified atom stereocenters. The molecule has 1 atom stereocenters. The first-order valence-corrected chi connectivity index (χ1v) is 10.7. The van der Waals surface area contributed by atoms with E-state index in [-0.39, 0.29) is 12.0 Å². The average molecular weight is 409 g/mol. The van der Waals surface area contributed by atoms with Crippen LogP contribution in [-0.4, -0.2) is 52.2 Å². The number of thioether (sulfide) groups is 1. The topological polar surface area (TPSA) is 80.2 Å². The van der Waals surface area contributed by atoms with Crippen LogP contribution in [0.15, 0.2) is 59.8 Å². The van der Waals surface area contributed by atoms with Gasteiger partial charge in [0.25, 0.3) is 0 Å². The molecule has 4 rings (SSSR count). The van der Waals surface area contributed by atoms with Crippen LogP contribution in [-0.2, 0) is 10.2 Å². The maximum Gasteiger partial charge on any atom is 0.181 e. The SMILES string of the molecule is CC1(c2ccccc2)CSc2nc(-c3ccccn3)nc(NCCOCCO)c21. The predicted molar refractivity (Wildman–Crippen MR) is 115 cm³/mol. The second kappa shape index (κ2) is 8.90. The molecule has 0 saturated heterocycles. The molecule has 6 nitrogen and oxygen atoms in total. The Labute approximate surface area is 174 Å². The Morgan fingerprint density at radius 1 is 1.10 bits per heavy atom. The second-order valence-electron chi connectivity index (χ2n) is 7.04. The highest BCUT2D eigenvalue weighted by atomic mass is 32.2. The number of pyridine rings is 1. The molecule has 0 bridgehead atoms. The number of aromatic nitrogens is 3. The molecule has 1 aromatic carbocycles. The van der Waals surface area contributed by atoms with Crippen LogP contribution >= 0.6 is 11.8 Å². The third-order valence-electron chi connectivity index (χ3n) is 5.00. The van der Waals surface area contributed by atoms with Crippen LogP contribution in [0.2, 0.25) is 0 Å². The third-order valence-corrected chi connectivity index (χ3v) is 6.30. The highest BCUT2D eigenvalue weighted by molar-refractivity contribution is 7.99. The summed E-state index contributed by atoms with van der Waals surface area (Å²) < 4.78 is 5.40. The summed E-state index contributed by atoms with van der Waals surface area (Å²) in [6.07, 6.45) is 1.75. The van der Waals surface area contributed by atoms with Gasteiger partial charge in [0.05, 0.1) is 19.8 Å². The summed E-state index contributed by atoms with van der Waals surface area (Å²) in [6, 6.07) is 16.3. The van der Waals surface area contributed by atoms with Crippen molar-refractivity contribution in [3.05, 3.63) is 65.9 Å². The van der Waals surface area contributed by atoms with Crippen molar-refractivity contribution in [2.24, 2.45) is 0 Å². The van der Waals surface area contributed by atoms with Crippen LogP contribution < -0.4 is 5.32 Å². The molecule has 0 spiro atoms. The van der Waals surface area contributed by atoms with E-state index < -0.39 is 0 Å². The van der Waals surface area contributed by atoms with Gasteiger partial charge in [0.2, 0.25) is 0 Å². The molecule has 0 radical (unpaired) electrons. The first kappa shape index (κ1) is 19.8. The zero-order valence-electron chi connectivity index (χ0n) is 16.3. The number of hydrogen-bond acceptors (Lipinski definition) is 7. The molecule has 3 aromatic rings. The molecule has 7 heteroatoms. The molecule has 0 fully saturated rings. The standard InChI is InChI=1S/C22H24N4O2S/c1-22(16-7-3-2-4-8-16)15-29-21-18(22)20(24-11-13-28-14-12-27)25-19(26-21)17-9-5-6-10-23-17/h2-10,27H,11-15H2,1H3,(H,24,25,26). The highest BCUT2D eigenvalue weighted by Crippen LogP contribution is 2.49. The molecular weight excluding hydrogens is 384 g/mol. The van der Waals surface area contributed by atoms with Gasteiger partial charge < -0.3 is 15.2 Å². The minimum atomic E-state index is -0.182. The first-order valence-electron chi connectivity index (χ1n) is 9.67. The minimum Gasteiger partial charge on any atom is -0.394 e. The van der Waals surface area contributed by atoms with Gasteiger partial charge in [-0.15, -0.1) is 11.8 Å². The molecule has 1 aliphatic rings. The summed E-state index contributed by atoms with van der Waals surface area (Å²) in [5.74, 6) is 2.34. The van der Waals surface area contributed by atoms with Gasteiger partial charge in [-0.1, -0.05) is 43.3 Å². The van der Waals surface area contributed by atoms with Crippen LogP contribution in [0, 0.1) is 0 Å². The van der Waals surface area contributed by atoms with E-state index >= 15 is 0 Å². The fourth-order valence-corrected chi connectivity index (χ4v) is 4.86. The van der Waals surface area contributed by atoms with E-state index in [0.717, 1.165) is 27.9 Å². The highest BCUT2D eigenvalue weighted by Gasteiger charge is 2.41. The summed E-state index contributed by atoms with van der Waals surface area (Å²) >= 11 is 1.76. The number of hydrogen-bond donors (Lipinski definition) is 2. The normalized spacial score (nSPS) is 17.9. The minimum absolute atomic E-state index is 0.0233. The molecule has 29 heavy (non-hydrogen) atoms. The number of ether oxygens (including phenoxy) is 1. The largest absolute Gasteiger partial charge is 0.394 e. The molecule has 2 N–H and O–H groups in total. The average Bonchev–Trinajstić information content (AvgIpc) is 3.13. The Balaban J connectivity index is 1.73. The van der Waals surface area contributed by atoms with Crippen molar-refractivity contribution in [2.75, 3.05) is 37.4 Å². The lowest BCUT2D eigenvalue weighted by Crippen LogP contribution is -2.26. The lowest BCUT2D eigenvalue weighted by Gasteiger charge is -2.27. The Kier molecular flexibility index (Phi) is 6.08. The fraction of sp³-hybridized carbons (Fsp3) is 0.318. The predicted octanol–water partition coefficient (Wildman–Crippen LogP) is 3.37. The van der Waals surface area contributed by atoms with Gasteiger partial charge in [-0.25, -0.2) is 9.97 Å². The van der Waals surface area contributed by atoms with Gasteiger partial charge in [-0.05, 0) is 17.7 Å². The first-order chi connectivity index (χ1) is 14.2. The Bertz CT molecular complexity index is 956. The van der Waals surface area contributed by atoms with Gasteiger partial charge in [-0.3, -0.25) is 4.98 Å². The van der Waals surface area contributed by atoms with Crippen molar-refractivity contribution >= 4 is 17.6 Å². The molecule has 0 aliphatic carbocycles. The molecule has 3 heterocycles. The zero-order valence-corrected chi connectivity index (χ0v) is 17.2. The quantitative estimate of drug-likeness (QED) is 0.437. The number of nitrogens with one attached hydrogen (secondary N) is 1. The van der Waals surface area contributed by atoms with Crippen LogP contribution in [0.25, 0.3) is 11.5 Å².